The van der Waals surface area contributed by atoms with Crippen molar-refractivity contribution in [3.63, 3.8) is 0 Å². The van der Waals surface area contributed by atoms with E-state index in [-0.39, 0.29) is 11.9 Å². The molecule has 148 valence electrons. The van der Waals surface area contributed by atoms with E-state index in [2.05, 4.69) is 12.2 Å². The highest BCUT2D eigenvalue weighted by Gasteiger charge is 2.42. The standard InChI is InChI=1S/C23H24F3NO/c1-14(21-13-15-6-7-17(21)12-15)27-22(28)20-5-3-2-4-19(20)16-8-10-18(11-9-16)23(24,25)26/h2-5,8-11,14-15,17,21H,6-7,12-13H2,1H3,(H,27,28)/t14-,15+,17+,21-/m1/s1. The Morgan fingerprint density at radius 3 is 2.36 bits per heavy atom. The highest BCUT2D eigenvalue weighted by molar-refractivity contribution is 6.01. The average molecular weight is 387 g/mol. The summed E-state index contributed by atoms with van der Waals surface area (Å²) in [6.07, 6.45) is 0.682. The summed E-state index contributed by atoms with van der Waals surface area (Å²) in [4.78, 5) is 12.9. The molecule has 2 aromatic rings. The van der Waals surface area contributed by atoms with Gasteiger partial charge in [0.15, 0.2) is 0 Å². The van der Waals surface area contributed by atoms with Crippen LogP contribution in [0.1, 0.15) is 48.5 Å². The van der Waals surface area contributed by atoms with Crippen LogP contribution in [0.3, 0.4) is 0 Å². The van der Waals surface area contributed by atoms with Crippen LogP contribution >= 0.6 is 0 Å². The molecule has 0 aliphatic heterocycles. The Hall–Kier alpha value is -2.30. The van der Waals surface area contributed by atoms with Gasteiger partial charge in [0.25, 0.3) is 5.91 Å². The fraction of sp³-hybridized carbons (Fsp3) is 0.435. The summed E-state index contributed by atoms with van der Waals surface area (Å²) in [5, 5.41) is 3.15. The van der Waals surface area contributed by atoms with Crippen LogP contribution in [-0.4, -0.2) is 11.9 Å². The Morgan fingerprint density at radius 2 is 1.75 bits per heavy atom. The van der Waals surface area contributed by atoms with Gasteiger partial charge in [-0.05, 0) is 73.3 Å². The molecule has 0 aromatic heterocycles. The Kier molecular flexibility index (Phi) is 4.94. The van der Waals surface area contributed by atoms with Gasteiger partial charge in [-0.15, -0.1) is 0 Å². The van der Waals surface area contributed by atoms with Crippen LogP contribution in [0.25, 0.3) is 11.1 Å². The van der Waals surface area contributed by atoms with Gasteiger partial charge >= 0.3 is 6.18 Å². The lowest BCUT2D eigenvalue weighted by Crippen LogP contribution is -2.40. The minimum atomic E-state index is -4.37. The molecule has 2 saturated carbocycles. The highest BCUT2D eigenvalue weighted by atomic mass is 19.4. The quantitative estimate of drug-likeness (QED) is 0.692. The Labute approximate surface area is 163 Å². The minimum Gasteiger partial charge on any atom is -0.349 e. The lowest BCUT2D eigenvalue weighted by molar-refractivity contribution is -0.137. The molecule has 0 radical (unpaired) electrons. The zero-order valence-electron chi connectivity index (χ0n) is 15.8. The average Bonchev–Trinajstić information content (AvgIpc) is 3.31. The smallest absolute Gasteiger partial charge is 0.349 e. The molecule has 28 heavy (non-hydrogen) atoms. The Morgan fingerprint density at radius 1 is 1.04 bits per heavy atom. The molecule has 4 rings (SSSR count). The number of carbonyl (C=O) groups is 1. The number of carbonyl (C=O) groups excluding carboxylic acids is 1. The van der Waals surface area contributed by atoms with E-state index in [1.165, 1.54) is 37.8 Å². The van der Waals surface area contributed by atoms with Gasteiger partial charge in [0.1, 0.15) is 0 Å². The third kappa shape index (κ3) is 3.67. The number of rotatable bonds is 4. The van der Waals surface area contributed by atoms with Crippen LogP contribution in [-0.2, 0) is 6.18 Å². The fourth-order valence-corrected chi connectivity index (χ4v) is 5.07. The number of alkyl halides is 3. The van der Waals surface area contributed by atoms with E-state index in [0.717, 1.165) is 18.1 Å². The molecule has 2 bridgehead atoms. The number of amides is 1. The van der Waals surface area contributed by atoms with Crippen molar-refractivity contribution in [3.8, 4) is 11.1 Å². The number of halogens is 3. The number of nitrogens with one attached hydrogen (secondary N) is 1. The molecule has 1 N–H and O–H groups in total. The SMILES string of the molecule is C[C@@H](NC(=O)c1ccccc1-c1ccc(C(F)(F)F)cc1)[C@H]1C[C@H]2CC[C@H]1C2. The molecule has 1 amide bonds. The molecule has 0 unspecified atom stereocenters. The van der Waals surface area contributed by atoms with Crippen molar-refractivity contribution in [2.24, 2.45) is 17.8 Å². The van der Waals surface area contributed by atoms with E-state index in [1.54, 1.807) is 24.3 Å². The normalized spacial score (nSPS) is 24.9. The monoisotopic (exact) mass is 387 g/mol. The second kappa shape index (κ2) is 7.26. The van der Waals surface area contributed by atoms with Crippen molar-refractivity contribution >= 4 is 5.91 Å². The lowest BCUT2D eigenvalue weighted by Gasteiger charge is -2.28. The maximum atomic E-state index is 12.9. The van der Waals surface area contributed by atoms with Gasteiger partial charge < -0.3 is 5.32 Å². The molecule has 0 saturated heterocycles. The summed E-state index contributed by atoms with van der Waals surface area (Å²) in [5.74, 6) is 1.89. The summed E-state index contributed by atoms with van der Waals surface area (Å²) in [5.41, 5.74) is 1.06. The van der Waals surface area contributed by atoms with Crippen molar-refractivity contribution in [1.29, 1.82) is 0 Å². The maximum Gasteiger partial charge on any atom is 0.416 e. The molecular weight excluding hydrogens is 363 g/mol. The first-order valence-corrected chi connectivity index (χ1v) is 9.90. The third-order valence-corrected chi connectivity index (χ3v) is 6.49. The van der Waals surface area contributed by atoms with E-state index < -0.39 is 11.7 Å². The van der Waals surface area contributed by atoms with Gasteiger partial charge in [0, 0.05) is 11.6 Å². The summed E-state index contributed by atoms with van der Waals surface area (Å²) >= 11 is 0. The van der Waals surface area contributed by atoms with Gasteiger partial charge in [-0.1, -0.05) is 36.8 Å². The Bertz CT molecular complexity index is 859. The van der Waals surface area contributed by atoms with Crippen LogP contribution in [0.15, 0.2) is 48.5 Å². The number of fused-ring (bicyclic) bond motifs is 2. The Balaban J connectivity index is 1.53. The molecule has 5 heteroatoms. The largest absolute Gasteiger partial charge is 0.416 e. The predicted molar refractivity (Wildman–Crippen MR) is 103 cm³/mol. The lowest BCUT2D eigenvalue weighted by atomic mass is 9.84. The molecular formula is C23H24F3NO. The van der Waals surface area contributed by atoms with Gasteiger partial charge in [-0.3, -0.25) is 4.79 Å². The predicted octanol–water partition coefficient (Wildman–Crippen LogP) is 5.93. The highest BCUT2D eigenvalue weighted by Crippen LogP contribution is 2.49. The van der Waals surface area contributed by atoms with Crippen molar-refractivity contribution in [2.75, 3.05) is 0 Å². The molecule has 0 spiro atoms. The van der Waals surface area contributed by atoms with Gasteiger partial charge in [0.2, 0.25) is 0 Å². The van der Waals surface area contributed by atoms with Gasteiger partial charge in [0.05, 0.1) is 5.56 Å². The summed E-state index contributed by atoms with van der Waals surface area (Å²) in [6.45, 7) is 2.07. The van der Waals surface area contributed by atoms with Crippen molar-refractivity contribution in [1.82, 2.24) is 5.32 Å². The summed E-state index contributed by atoms with van der Waals surface area (Å²) in [7, 11) is 0. The number of hydrogen-bond acceptors (Lipinski definition) is 1. The first-order valence-electron chi connectivity index (χ1n) is 9.90. The van der Waals surface area contributed by atoms with E-state index in [0.29, 0.717) is 28.5 Å². The van der Waals surface area contributed by atoms with E-state index >= 15 is 0 Å². The van der Waals surface area contributed by atoms with Crippen molar-refractivity contribution in [3.05, 3.63) is 59.7 Å². The zero-order valence-corrected chi connectivity index (χ0v) is 15.8. The van der Waals surface area contributed by atoms with E-state index in [1.807, 2.05) is 0 Å². The molecule has 2 fully saturated rings. The summed E-state index contributed by atoms with van der Waals surface area (Å²) in [6, 6.07) is 12.2. The topological polar surface area (TPSA) is 29.1 Å². The van der Waals surface area contributed by atoms with Crippen LogP contribution in [0.5, 0.6) is 0 Å². The van der Waals surface area contributed by atoms with Crippen LogP contribution in [0.2, 0.25) is 0 Å². The van der Waals surface area contributed by atoms with Gasteiger partial charge in [-0.25, -0.2) is 0 Å². The molecule has 4 atom stereocenters. The zero-order chi connectivity index (χ0) is 19.9. The maximum absolute atomic E-state index is 12.9. The molecule has 2 aromatic carbocycles. The van der Waals surface area contributed by atoms with Crippen molar-refractivity contribution < 1.29 is 18.0 Å². The third-order valence-electron chi connectivity index (χ3n) is 6.49. The van der Waals surface area contributed by atoms with Crippen LogP contribution in [0.4, 0.5) is 13.2 Å². The van der Waals surface area contributed by atoms with E-state index in [4.69, 9.17) is 0 Å². The molecule has 2 aliphatic carbocycles. The fourth-order valence-electron chi connectivity index (χ4n) is 5.07. The van der Waals surface area contributed by atoms with Crippen LogP contribution < -0.4 is 5.32 Å². The number of hydrogen-bond donors (Lipinski definition) is 1. The first kappa shape index (κ1) is 19.0. The van der Waals surface area contributed by atoms with Gasteiger partial charge in [-0.2, -0.15) is 13.2 Å². The second-order valence-electron chi connectivity index (χ2n) is 8.22. The first-order chi connectivity index (χ1) is 13.3. The second-order valence-corrected chi connectivity index (χ2v) is 8.22. The molecule has 2 aliphatic rings. The molecule has 2 nitrogen and oxygen atoms in total. The van der Waals surface area contributed by atoms with Crippen molar-refractivity contribution in [2.45, 2.75) is 44.8 Å². The van der Waals surface area contributed by atoms with E-state index in [9.17, 15) is 18.0 Å². The van der Waals surface area contributed by atoms with Crippen LogP contribution in [0, 0.1) is 17.8 Å². The number of benzene rings is 2. The molecule has 0 heterocycles. The summed E-state index contributed by atoms with van der Waals surface area (Å²) < 4.78 is 38.5. The minimum absolute atomic E-state index is 0.100.